The fourth-order valence-corrected chi connectivity index (χ4v) is 2.71. The van der Waals surface area contributed by atoms with Crippen molar-refractivity contribution in [2.24, 2.45) is 0 Å². The second kappa shape index (κ2) is 5.89. The van der Waals surface area contributed by atoms with Crippen molar-refractivity contribution in [2.75, 3.05) is 7.11 Å². The predicted octanol–water partition coefficient (Wildman–Crippen LogP) is 3.76. The topological polar surface area (TPSA) is 44.8 Å². The number of halogens is 1. The molecule has 2 aromatic carbocycles. The summed E-state index contributed by atoms with van der Waals surface area (Å²) in [5.41, 5.74) is 1.86. The SMILES string of the molecule is COC(=O)C1Oc2ccccc2C(C)c2cc(Cl)ccc2O1. The van der Waals surface area contributed by atoms with E-state index in [-0.39, 0.29) is 5.92 Å². The van der Waals surface area contributed by atoms with Crippen LogP contribution >= 0.6 is 11.6 Å². The van der Waals surface area contributed by atoms with Gasteiger partial charge in [0, 0.05) is 22.1 Å². The van der Waals surface area contributed by atoms with Gasteiger partial charge >= 0.3 is 12.3 Å². The summed E-state index contributed by atoms with van der Waals surface area (Å²) in [7, 11) is 1.30. The summed E-state index contributed by atoms with van der Waals surface area (Å²) in [6.07, 6.45) is -1.15. The van der Waals surface area contributed by atoms with Gasteiger partial charge in [0.1, 0.15) is 11.5 Å². The maximum atomic E-state index is 11.9. The Balaban J connectivity index is 2.16. The first-order chi connectivity index (χ1) is 10.6. The van der Waals surface area contributed by atoms with Crippen LogP contribution in [0.1, 0.15) is 24.0 Å². The van der Waals surface area contributed by atoms with Crippen LogP contribution in [-0.4, -0.2) is 19.4 Å². The van der Waals surface area contributed by atoms with Gasteiger partial charge in [0.05, 0.1) is 7.11 Å². The minimum absolute atomic E-state index is 0.0171. The van der Waals surface area contributed by atoms with Crippen molar-refractivity contribution in [3.8, 4) is 11.5 Å². The quantitative estimate of drug-likeness (QED) is 0.751. The number of carbonyl (C=O) groups excluding carboxylic acids is 1. The maximum absolute atomic E-state index is 11.9. The minimum Gasteiger partial charge on any atom is -0.463 e. The van der Waals surface area contributed by atoms with E-state index in [1.807, 2.05) is 31.2 Å². The van der Waals surface area contributed by atoms with Crippen molar-refractivity contribution in [3.05, 3.63) is 58.6 Å². The zero-order valence-electron chi connectivity index (χ0n) is 12.2. The molecule has 1 heterocycles. The van der Waals surface area contributed by atoms with E-state index in [4.69, 9.17) is 25.8 Å². The van der Waals surface area contributed by atoms with E-state index in [1.165, 1.54) is 7.11 Å². The molecule has 4 nitrogen and oxygen atoms in total. The van der Waals surface area contributed by atoms with Crippen molar-refractivity contribution in [1.29, 1.82) is 0 Å². The second-order valence-electron chi connectivity index (χ2n) is 5.03. The molecular weight excluding hydrogens is 304 g/mol. The summed E-state index contributed by atoms with van der Waals surface area (Å²) in [6, 6.07) is 12.8. The largest absolute Gasteiger partial charge is 0.463 e. The molecule has 0 aromatic heterocycles. The van der Waals surface area contributed by atoms with Crippen LogP contribution in [0.5, 0.6) is 11.5 Å². The standard InChI is InChI=1S/C17H15ClO4/c1-10-12-5-3-4-6-14(12)21-17(16(19)20-2)22-15-8-7-11(18)9-13(10)15/h3-10,17H,1-2H3. The summed E-state index contributed by atoms with van der Waals surface area (Å²) in [5, 5.41) is 0.614. The van der Waals surface area contributed by atoms with Crippen LogP contribution in [0.4, 0.5) is 0 Å². The molecule has 2 unspecified atom stereocenters. The monoisotopic (exact) mass is 318 g/mol. The summed E-state index contributed by atoms with van der Waals surface area (Å²) in [5.74, 6) is 0.576. The minimum atomic E-state index is -1.15. The van der Waals surface area contributed by atoms with E-state index < -0.39 is 12.3 Å². The van der Waals surface area contributed by atoms with Gasteiger partial charge in [0.15, 0.2) is 0 Å². The molecule has 3 rings (SSSR count). The van der Waals surface area contributed by atoms with Gasteiger partial charge < -0.3 is 14.2 Å². The highest BCUT2D eigenvalue weighted by Crippen LogP contribution is 2.40. The summed E-state index contributed by atoms with van der Waals surface area (Å²) >= 11 is 6.11. The number of ether oxygens (including phenoxy) is 3. The number of para-hydroxylation sites is 1. The first-order valence-corrected chi connectivity index (χ1v) is 7.27. The Morgan fingerprint density at radius 3 is 2.50 bits per heavy atom. The molecule has 0 bridgehead atoms. The highest BCUT2D eigenvalue weighted by Gasteiger charge is 2.30. The lowest BCUT2D eigenvalue weighted by Crippen LogP contribution is -2.36. The number of hydrogen-bond donors (Lipinski definition) is 0. The number of esters is 1. The van der Waals surface area contributed by atoms with Gasteiger partial charge in [0.2, 0.25) is 0 Å². The lowest BCUT2D eigenvalue weighted by atomic mass is 9.91. The van der Waals surface area contributed by atoms with Crippen LogP contribution in [0.3, 0.4) is 0 Å². The van der Waals surface area contributed by atoms with Crippen LogP contribution < -0.4 is 9.47 Å². The Labute approximate surface area is 133 Å². The average molecular weight is 319 g/mol. The van der Waals surface area contributed by atoms with Gasteiger partial charge in [-0.1, -0.05) is 36.7 Å². The van der Waals surface area contributed by atoms with Gasteiger partial charge in [0.25, 0.3) is 0 Å². The van der Waals surface area contributed by atoms with E-state index in [1.54, 1.807) is 18.2 Å². The highest BCUT2D eigenvalue weighted by molar-refractivity contribution is 6.30. The molecule has 0 fully saturated rings. The second-order valence-corrected chi connectivity index (χ2v) is 5.47. The normalized spacial score (nSPS) is 19.6. The van der Waals surface area contributed by atoms with Crippen LogP contribution in [0, 0.1) is 0 Å². The number of hydrogen-bond acceptors (Lipinski definition) is 4. The molecule has 1 aliphatic rings. The molecule has 114 valence electrons. The Hall–Kier alpha value is -2.20. The van der Waals surface area contributed by atoms with E-state index in [2.05, 4.69) is 0 Å². The number of benzene rings is 2. The molecular formula is C17H15ClO4. The molecule has 2 atom stereocenters. The lowest BCUT2D eigenvalue weighted by Gasteiger charge is -2.27. The molecule has 2 aromatic rings. The lowest BCUT2D eigenvalue weighted by molar-refractivity contribution is -0.162. The summed E-state index contributed by atoms with van der Waals surface area (Å²) in [6.45, 7) is 2.04. The van der Waals surface area contributed by atoms with Crippen LogP contribution in [0.2, 0.25) is 5.02 Å². The van der Waals surface area contributed by atoms with Crippen LogP contribution in [0.15, 0.2) is 42.5 Å². The van der Waals surface area contributed by atoms with Gasteiger partial charge in [-0.25, -0.2) is 4.79 Å². The third-order valence-electron chi connectivity index (χ3n) is 3.69. The van der Waals surface area contributed by atoms with Gasteiger partial charge in [-0.2, -0.15) is 0 Å². The Morgan fingerprint density at radius 1 is 1.09 bits per heavy atom. The van der Waals surface area contributed by atoms with Crippen molar-refractivity contribution in [3.63, 3.8) is 0 Å². The Bertz CT molecular complexity index is 714. The average Bonchev–Trinajstić information content (AvgIpc) is 2.53. The van der Waals surface area contributed by atoms with Crippen molar-refractivity contribution in [1.82, 2.24) is 0 Å². The molecule has 0 saturated carbocycles. The molecule has 0 saturated heterocycles. The zero-order valence-corrected chi connectivity index (χ0v) is 13.0. The van der Waals surface area contributed by atoms with Crippen molar-refractivity contribution >= 4 is 17.6 Å². The first-order valence-electron chi connectivity index (χ1n) is 6.89. The fourth-order valence-electron chi connectivity index (χ4n) is 2.53. The van der Waals surface area contributed by atoms with E-state index in [0.29, 0.717) is 16.5 Å². The first kappa shape index (κ1) is 14.7. The third-order valence-corrected chi connectivity index (χ3v) is 3.92. The van der Waals surface area contributed by atoms with E-state index >= 15 is 0 Å². The molecule has 0 N–H and O–H groups in total. The van der Waals surface area contributed by atoms with Gasteiger partial charge in [-0.15, -0.1) is 0 Å². The number of fused-ring (bicyclic) bond motifs is 2. The van der Waals surface area contributed by atoms with Gasteiger partial charge in [-0.05, 0) is 24.3 Å². The summed E-state index contributed by atoms with van der Waals surface area (Å²) < 4.78 is 16.2. The van der Waals surface area contributed by atoms with Crippen LogP contribution in [0.25, 0.3) is 0 Å². The zero-order chi connectivity index (χ0) is 15.7. The van der Waals surface area contributed by atoms with E-state index in [0.717, 1.165) is 11.1 Å². The number of rotatable bonds is 1. The molecule has 0 radical (unpaired) electrons. The Morgan fingerprint density at radius 2 is 1.77 bits per heavy atom. The summed E-state index contributed by atoms with van der Waals surface area (Å²) in [4.78, 5) is 11.9. The van der Waals surface area contributed by atoms with E-state index in [9.17, 15) is 4.79 Å². The van der Waals surface area contributed by atoms with Crippen molar-refractivity contribution in [2.45, 2.75) is 19.1 Å². The van der Waals surface area contributed by atoms with Crippen molar-refractivity contribution < 1.29 is 19.0 Å². The number of carbonyl (C=O) groups is 1. The highest BCUT2D eigenvalue weighted by atomic mass is 35.5. The molecule has 22 heavy (non-hydrogen) atoms. The van der Waals surface area contributed by atoms with Crippen LogP contribution in [-0.2, 0) is 9.53 Å². The third kappa shape index (κ3) is 2.62. The predicted molar refractivity (Wildman–Crippen MR) is 82.5 cm³/mol. The molecule has 5 heteroatoms. The number of methoxy groups -OCH3 is 1. The Kier molecular flexibility index (Phi) is 3.94. The fraction of sp³-hybridized carbons (Fsp3) is 0.235. The maximum Gasteiger partial charge on any atom is 0.389 e. The molecule has 1 aliphatic heterocycles. The molecule has 0 aliphatic carbocycles. The van der Waals surface area contributed by atoms with Gasteiger partial charge in [-0.3, -0.25) is 0 Å². The smallest absolute Gasteiger partial charge is 0.389 e. The molecule has 0 amide bonds. The molecule has 0 spiro atoms.